The Labute approximate surface area is 158 Å². The van der Waals surface area contributed by atoms with Gasteiger partial charge in [0.15, 0.2) is 12.4 Å². The molecule has 8 nitrogen and oxygen atoms in total. The van der Waals surface area contributed by atoms with Crippen LogP contribution in [-0.2, 0) is 14.3 Å². The van der Waals surface area contributed by atoms with Crippen molar-refractivity contribution in [2.75, 3.05) is 20.3 Å². The van der Waals surface area contributed by atoms with Crippen LogP contribution < -0.4 is 15.4 Å². The number of hydrogen-bond donors (Lipinski definition) is 2. The Balaban J connectivity index is 2.31. The predicted octanol–water partition coefficient (Wildman–Crippen LogP) is 2.22. The lowest BCUT2D eigenvalue weighted by Gasteiger charge is -2.07. The molecule has 1 aromatic rings. The molecule has 0 aliphatic heterocycles. The zero-order valence-corrected chi connectivity index (χ0v) is 15.7. The molecule has 1 aromatic carbocycles. The topological polar surface area (TPSA) is 111 Å². The Morgan fingerprint density at radius 1 is 1.00 bits per heavy atom. The van der Waals surface area contributed by atoms with Crippen LogP contribution in [0.5, 0.6) is 5.75 Å². The number of carbonyl (C=O) groups excluding carboxylic acids is 4. The highest BCUT2D eigenvalue weighted by molar-refractivity contribution is 5.98. The second kappa shape index (κ2) is 12.5. The van der Waals surface area contributed by atoms with Crippen molar-refractivity contribution in [3.8, 4) is 5.75 Å². The highest BCUT2D eigenvalue weighted by Crippen LogP contribution is 2.15. The summed E-state index contributed by atoms with van der Waals surface area (Å²) in [6.07, 6.45) is 3.03. The minimum atomic E-state index is -0.747. The monoisotopic (exact) mass is 378 g/mol. The van der Waals surface area contributed by atoms with E-state index in [1.54, 1.807) is 24.3 Å². The molecule has 0 bridgehead atoms. The van der Waals surface area contributed by atoms with E-state index >= 15 is 0 Å². The Morgan fingerprint density at radius 2 is 1.70 bits per heavy atom. The van der Waals surface area contributed by atoms with Gasteiger partial charge in [0.2, 0.25) is 0 Å². The first-order valence-electron chi connectivity index (χ1n) is 8.89. The third kappa shape index (κ3) is 9.39. The lowest BCUT2D eigenvalue weighted by molar-refractivity contribution is -0.148. The molecule has 0 heterocycles. The van der Waals surface area contributed by atoms with Crippen LogP contribution in [0.4, 0.5) is 4.79 Å². The molecule has 0 aliphatic rings. The van der Waals surface area contributed by atoms with Crippen LogP contribution in [0.25, 0.3) is 0 Å². The van der Waals surface area contributed by atoms with Crippen LogP contribution in [0.3, 0.4) is 0 Å². The lowest BCUT2D eigenvalue weighted by atomic mass is 10.1. The molecule has 3 amide bonds. The summed E-state index contributed by atoms with van der Waals surface area (Å²) in [5, 5.41) is 4.15. The van der Waals surface area contributed by atoms with Crippen molar-refractivity contribution in [3.05, 3.63) is 29.8 Å². The van der Waals surface area contributed by atoms with Gasteiger partial charge in [0.05, 0.1) is 13.0 Å². The fourth-order valence-electron chi connectivity index (χ4n) is 2.08. The number of Topliss-reactive ketones (excluding diaryl/α,β-unsaturated/α-hetero) is 1. The molecule has 148 valence electrons. The molecule has 1 rings (SSSR count). The number of ketones is 1. The number of benzene rings is 1. The van der Waals surface area contributed by atoms with Crippen molar-refractivity contribution in [2.24, 2.45) is 0 Å². The standard InChI is InChI=1S/C19H26N2O6/c1-3-4-5-12-26-15-8-6-14(7-9-15)16(22)10-11-18(24)27-13-17(23)21-19(25)20-2/h6-9H,3-5,10-13H2,1-2H3,(H2,20,21,23,25). The largest absolute Gasteiger partial charge is 0.494 e. The van der Waals surface area contributed by atoms with Crippen molar-refractivity contribution in [1.82, 2.24) is 10.6 Å². The van der Waals surface area contributed by atoms with E-state index in [0.717, 1.165) is 19.3 Å². The Hall–Kier alpha value is -2.90. The molecule has 0 aliphatic carbocycles. The van der Waals surface area contributed by atoms with E-state index in [-0.39, 0.29) is 18.6 Å². The highest BCUT2D eigenvalue weighted by Gasteiger charge is 2.13. The van der Waals surface area contributed by atoms with Gasteiger partial charge in [-0.25, -0.2) is 4.79 Å². The number of amides is 3. The molecule has 0 atom stereocenters. The fraction of sp³-hybridized carbons (Fsp3) is 0.474. The van der Waals surface area contributed by atoms with E-state index in [9.17, 15) is 19.2 Å². The van der Waals surface area contributed by atoms with Gasteiger partial charge in [-0.05, 0) is 30.7 Å². The summed E-state index contributed by atoms with van der Waals surface area (Å²) < 4.78 is 10.3. The molecule has 0 radical (unpaired) electrons. The summed E-state index contributed by atoms with van der Waals surface area (Å²) in [6, 6.07) is 6.06. The summed E-state index contributed by atoms with van der Waals surface area (Å²) in [7, 11) is 1.35. The Bertz CT molecular complexity index is 642. The number of imide groups is 1. The molecule has 0 fully saturated rings. The van der Waals surface area contributed by atoms with Crippen LogP contribution in [0.15, 0.2) is 24.3 Å². The smallest absolute Gasteiger partial charge is 0.321 e. The number of urea groups is 1. The maximum absolute atomic E-state index is 12.1. The van der Waals surface area contributed by atoms with Gasteiger partial charge in [-0.15, -0.1) is 0 Å². The zero-order chi connectivity index (χ0) is 20.1. The first kappa shape index (κ1) is 22.1. The van der Waals surface area contributed by atoms with Crippen molar-refractivity contribution in [1.29, 1.82) is 0 Å². The van der Waals surface area contributed by atoms with E-state index < -0.39 is 24.5 Å². The second-order valence-electron chi connectivity index (χ2n) is 5.79. The van der Waals surface area contributed by atoms with E-state index in [0.29, 0.717) is 17.9 Å². The van der Waals surface area contributed by atoms with Gasteiger partial charge in [-0.2, -0.15) is 0 Å². The molecular weight excluding hydrogens is 352 g/mol. The van der Waals surface area contributed by atoms with Gasteiger partial charge in [0.25, 0.3) is 5.91 Å². The van der Waals surface area contributed by atoms with Crippen LogP contribution >= 0.6 is 0 Å². The van der Waals surface area contributed by atoms with Crippen molar-refractivity contribution in [2.45, 2.75) is 39.0 Å². The third-order valence-electron chi connectivity index (χ3n) is 3.59. The molecular formula is C19H26N2O6. The number of esters is 1. The van der Waals surface area contributed by atoms with Crippen molar-refractivity contribution < 1.29 is 28.7 Å². The second-order valence-corrected chi connectivity index (χ2v) is 5.79. The zero-order valence-electron chi connectivity index (χ0n) is 15.7. The van der Waals surface area contributed by atoms with E-state index in [2.05, 4.69) is 12.2 Å². The summed E-state index contributed by atoms with van der Waals surface area (Å²) in [5.74, 6) is -0.946. The third-order valence-corrected chi connectivity index (χ3v) is 3.59. The fourth-order valence-corrected chi connectivity index (χ4v) is 2.08. The van der Waals surface area contributed by atoms with Crippen molar-refractivity contribution in [3.63, 3.8) is 0 Å². The number of carbonyl (C=O) groups is 4. The Kier molecular flexibility index (Phi) is 10.2. The summed E-state index contributed by atoms with van der Waals surface area (Å²) in [4.78, 5) is 45.9. The molecule has 27 heavy (non-hydrogen) atoms. The predicted molar refractivity (Wildman–Crippen MR) is 98.6 cm³/mol. The van der Waals surface area contributed by atoms with Crippen LogP contribution in [0, 0.1) is 0 Å². The van der Waals surface area contributed by atoms with E-state index in [1.165, 1.54) is 7.05 Å². The van der Waals surface area contributed by atoms with E-state index in [4.69, 9.17) is 9.47 Å². The average Bonchev–Trinajstić information content (AvgIpc) is 2.68. The van der Waals surface area contributed by atoms with Crippen LogP contribution in [0.1, 0.15) is 49.4 Å². The van der Waals surface area contributed by atoms with Gasteiger partial charge in [0.1, 0.15) is 5.75 Å². The first-order chi connectivity index (χ1) is 13.0. The molecule has 2 N–H and O–H groups in total. The SMILES string of the molecule is CCCCCOc1ccc(C(=O)CCC(=O)OCC(=O)NC(=O)NC)cc1. The van der Waals surface area contributed by atoms with Crippen molar-refractivity contribution >= 4 is 23.7 Å². The summed E-state index contributed by atoms with van der Waals surface area (Å²) in [5.41, 5.74) is 0.473. The minimum Gasteiger partial charge on any atom is -0.494 e. The number of hydrogen-bond acceptors (Lipinski definition) is 6. The van der Waals surface area contributed by atoms with Gasteiger partial charge in [-0.3, -0.25) is 19.7 Å². The molecule has 0 saturated heterocycles. The normalized spacial score (nSPS) is 10.0. The maximum atomic E-state index is 12.1. The maximum Gasteiger partial charge on any atom is 0.321 e. The van der Waals surface area contributed by atoms with Crippen LogP contribution in [0.2, 0.25) is 0 Å². The van der Waals surface area contributed by atoms with Crippen LogP contribution in [-0.4, -0.2) is 44.0 Å². The molecule has 0 unspecified atom stereocenters. The molecule has 0 spiro atoms. The number of rotatable bonds is 11. The molecule has 8 heteroatoms. The highest BCUT2D eigenvalue weighted by atomic mass is 16.5. The van der Waals surface area contributed by atoms with Gasteiger partial charge in [-0.1, -0.05) is 19.8 Å². The summed E-state index contributed by atoms with van der Waals surface area (Å²) >= 11 is 0. The molecule has 0 saturated carbocycles. The van der Waals surface area contributed by atoms with Gasteiger partial charge in [0, 0.05) is 19.0 Å². The quantitative estimate of drug-likeness (QED) is 0.347. The lowest BCUT2D eigenvalue weighted by Crippen LogP contribution is -2.39. The average molecular weight is 378 g/mol. The minimum absolute atomic E-state index is 0.0351. The first-order valence-corrected chi connectivity index (χ1v) is 8.89. The molecule has 0 aromatic heterocycles. The van der Waals surface area contributed by atoms with Gasteiger partial charge < -0.3 is 14.8 Å². The van der Waals surface area contributed by atoms with E-state index in [1.807, 2.05) is 5.32 Å². The number of ether oxygens (including phenoxy) is 2. The Morgan fingerprint density at radius 3 is 2.33 bits per heavy atom. The summed E-state index contributed by atoms with van der Waals surface area (Å²) in [6.45, 7) is 2.18. The number of unbranched alkanes of at least 4 members (excludes halogenated alkanes) is 2. The number of nitrogens with one attached hydrogen (secondary N) is 2. The van der Waals surface area contributed by atoms with Gasteiger partial charge >= 0.3 is 12.0 Å².